The molecule has 174 valence electrons. The predicted octanol–water partition coefficient (Wildman–Crippen LogP) is 5.36. The first kappa shape index (κ1) is 21.7. The molecule has 0 aromatic heterocycles. The van der Waals surface area contributed by atoms with Crippen LogP contribution in [0, 0.1) is 11.7 Å². The molecular formula is C26H28FNO5. The molecule has 2 heterocycles. The number of amides is 1. The number of fused-ring (bicyclic) bond motifs is 2. The lowest BCUT2D eigenvalue weighted by Gasteiger charge is -2.38. The van der Waals surface area contributed by atoms with Crippen LogP contribution in [-0.4, -0.2) is 40.8 Å². The number of carbonyl (C=O) groups excluding carboxylic acids is 1. The van der Waals surface area contributed by atoms with E-state index < -0.39 is 11.8 Å². The van der Waals surface area contributed by atoms with Crippen molar-refractivity contribution < 1.29 is 28.6 Å². The fourth-order valence-electron chi connectivity index (χ4n) is 5.30. The van der Waals surface area contributed by atoms with E-state index in [4.69, 9.17) is 9.47 Å². The number of ether oxygens (including phenoxy) is 2. The molecule has 2 saturated heterocycles. The van der Waals surface area contributed by atoms with Crippen LogP contribution in [0.15, 0.2) is 42.5 Å². The fourth-order valence-corrected chi connectivity index (χ4v) is 5.30. The monoisotopic (exact) mass is 453 g/mol. The number of halogens is 1. The molecule has 1 N–H and O–H groups in total. The van der Waals surface area contributed by atoms with Crippen LogP contribution in [0.3, 0.4) is 0 Å². The van der Waals surface area contributed by atoms with Crippen molar-refractivity contribution in [3.05, 3.63) is 65.0 Å². The lowest BCUT2D eigenvalue weighted by atomic mass is 9.91. The van der Waals surface area contributed by atoms with Crippen LogP contribution in [0.25, 0.3) is 0 Å². The first-order valence-electron chi connectivity index (χ1n) is 11.7. The quantitative estimate of drug-likeness (QED) is 0.611. The molecule has 0 spiro atoms. The van der Waals surface area contributed by atoms with Gasteiger partial charge in [-0.1, -0.05) is 30.3 Å². The van der Waals surface area contributed by atoms with Gasteiger partial charge in [-0.2, -0.15) is 0 Å². The van der Waals surface area contributed by atoms with Gasteiger partial charge in [0, 0.05) is 18.2 Å². The number of benzene rings is 2. The normalized spacial score (nSPS) is 23.9. The SMILES string of the molecule is O=C(O)c1cc(C2CC2)c(OC[C@H]2C[C@H]3CC[C@@H](C2)N3C(=O)OCc2ccccc2)cc1F. The minimum absolute atomic E-state index is 0.134. The van der Waals surface area contributed by atoms with Gasteiger partial charge >= 0.3 is 12.1 Å². The maximum Gasteiger partial charge on any atom is 0.410 e. The first-order valence-corrected chi connectivity index (χ1v) is 11.7. The summed E-state index contributed by atoms with van der Waals surface area (Å²) < 4.78 is 25.9. The van der Waals surface area contributed by atoms with E-state index in [1.54, 1.807) is 0 Å². The molecule has 2 aliphatic heterocycles. The van der Waals surface area contributed by atoms with Gasteiger partial charge in [-0.25, -0.2) is 14.0 Å². The number of rotatable bonds is 7. The van der Waals surface area contributed by atoms with Crippen molar-refractivity contribution in [3.8, 4) is 5.75 Å². The Morgan fingerprint density at radius 2 is 1.73 bits per heavy atom. The minimum Gasteiger partial charge on any atom is -0.493 e. The third-order valence-electron chi connectivity index (χ3n) is 7.07. The van der Waals surface area contributed by atoms with Gasteiger partial charge in [0.2, 0.25) is 0 Å². The van der Waals surface area contributed by atoms with Crippen LogP contribution >= 0.6 is 0 Å². The first-order chi connectivity index (χ1) is 16.0. The Morgan fingerprint density at radius 3 is 2.36 bits per heavy atom. The highest BCUT2D eigenvalue weighted by Gasteiger charge is 2.44. The van der Waals surface area contributed by atoms with Crippen molar-refractivity contribution in [2.45, 2.75) is 63.1 Å². The molecule has 1 saturated carbocycles. The second kappa shape index (κ2) is 9.04. The standard InChI is InChI=1S/C26H28FNO5/c27-23-13-24(21(18-6-7-18)12-22(23)25(29)30)32-15-17-10-19-8-9-20(11-17)28(19)26(31)33-14-16-4-2-1-3-5-16/h1-5,12-13,17-20H,6-11,14-15H2,(H,29,30)/t17-,19+,20-. The molecule has 1 aliphatic carbocycles. The zero-order valence-corrected chi connectivity index (χ0v) is 18.4. The van der Waals surface area contributed by atoms with E-state index in [2.05, 4.69) is 0 Å². The minimum atomic E-state index is -1.26. The summed E-state index contributed by atoms with van der Waals surface area (Å²) in [7, 11) is 0. The summed E-state index contributed by atoms with van der Waals surface area (Å²) in [6, 6.07) is 12.6. The molecule has 7 heteroatoms. The number of carboxylic acids is 1. The zero-order chi connectivity index (χ0) is 22.9. The van der Waals surface area contributed by atoms with Gasteiger partial charge in [-0.3, -0.25) is 0 Å². The summed E-state index contributed by atoms with van der Waals surface area (Å²) in [5.74, 6) is -1.06. The van der Waals surface area contributed by atoms with Crippen LogP contribution in [0.4, 0.5) is 9.18 Å². The zero-order valence-electron chi connectivity index (χ0n) is 18.4. The highest BCUT2D eigenvalue weighted by molar-refractivity contribution is 5.88. The second-order valence-corrected chi connectivity index (χ2v) is 9.43. The maximum absolute atomic E-state index is 14.3. The van der Waals surface area contributed by atoms with Gasteiger partial charge < -0.3 is 19.5 Å². The number of nitrogens with zero attached hydrogens (tertiary/aromatic N) is 1. The molecule has 1 amide bonds. The van der Waals surface area contributed by atoms with Gasteiger partial charge in [0.15, 0.2) is 0 Å². The van der Waals surface area contributed by atoms with Crippen molar-refractivity contribution in [3.63, 3.8) is 0 Å². The van der Waals surface area contributed by atoms with E-state index in [9.17, 15) is 19.1 Å². The number of hydrogen-bond acceptors (Lipinski definition) is 4. The van der Waals surface area contributed by atoms with Gasteiger partial charge in [0.1, 0.15) is 18.2 Å². The molecule has 3 aliphatic rings. The number of piperidine rings is 1. The number of carbonyl (C=O) groups is 2. The van der Waals surface area contributed by atoms with E-state index in [1.165, 1.54) is 12.1 Å². The molecule has 0 radical (unpaired) electrons. The van der Waals surface area contributed by atoms with Crippen molar-refractivity contribution in [1.82, 2.24) is 4.90 Å². The highest BCUT2D eigenvalue weighted by Crippen LogP contribution is 2.46. The summed E-state index contributed by atoms with van der Waals surface area (Å²) in [6.07, 6.45) is 5.24. The molecule has 33 heavy (non-hydrogen) atoms. The third kappa shape index (κ3) is 4.68. The number of carboxylic acid groups (broad SMARTS) is 1. The average Bonchev–Trinajstić information content (AvgIpc) is 3.61. The fraction of sp³-hybridized carbons (Fsp3) is 0.462. The summed E-state index contributed by atoms with van der Waals surface area (Å²) in [5.41, 5.74) is 1.46. The molecule has 0 unspecified atom stereocenters. The summed E-state index contributed by atoms with van der Waals surface area (Å²) in [4.78, 5) is 26.0. The maximum atomic E-state index is 14.3. The average molecular weight is 454 g/mol. The van der Waals surface area contributed by atoms with E-state index >= 15 is 0 Å². The Morgan fingerprint density at radius 1 is 1.03 bits per heavy atom. The van der Waals surface area contributed by atoms with Crippen LogP contribution in [-0.2, 0) is 11.3 Å². The van der Waals surface area contributed by atoms with E-state index in [0.717, 1.165) is 49.7 Å². The molecule has 2 bridgehead atoms. The second-order valence-electron chi connectivity index (χ2n) is 9.43. The Labute approximate surface area is 192 Å². The van der Waals surface area contributed by atoms with Crippen LogP contribution in [0.5, 0.6) is 5.75 Å². The van der Waals surface area contributed by atoms with Gasteiger partial charge in [0.25, 0.3) is 0 Å². The number of aromatic carboxylic acids is 1. The Hall–Kier alpha value is -3.09. The number of hydrogen-bond donors (Lipinski definition) is 1. The van der Waals surface area contributed by atoms with E-state index in [-0.39, 0.29) is 42.2 Å². The van der Waals surface area contributed by atoms with Crippen LogP contribution in [0.2, 0.25) is 0 Å². The summed E-state index contributed by atoms with van der Waals surface area (Å²) in [6.45, 7) is 0.704. The Kier molecular flexibility index (Phi) is 5.96. The molecule has 3 fully saturated rings. The van der Waals surface area contributed by atoms with Crippen LogP contribution in [0.1, 0.15) is 65.9 Å². The van der Waals surface area contributed by atoms with E-state index in [0.29, 0.717) is 12.4 Å². The summed E-state index contributed by atoms with van der Waals surface area (Å²) >= 11 is 0. The topological polar surface area (TPSA) is 76.1 Å². The molecule has 5 rings (SSSR count). The van der Waals surface area contributed by atoms with Crippen LogP contribution < -0.4 is 4.74 Å². The third-order valence-corrected chi connectivity index (χ3v) is 7.07. The largest absolute Gasteiger partial charge is 0.493 e. The van der Waals surface area contributed by atoms with E-state index in [1.807, 2.05) is 35.2 Å². The van der Waals surface area contributed by atoms with Gasteiger partial charge in [0.05, 0.1) is 12.2 Å². The van der Waals surface area contributed by atoms with Crippen molar-refractivity contribution >= 4 is 12.1 Å². The van der Waals surface area contributed by atoms with Gasteiger partial charge in [-0.05, 0) is 67.6 Å². The van der Waals surface area contributed by atoms with Crippen molar-refractivity contribution in [2.24, 2.45) is 5.92 Å². The smallest absolute Gasteiger partial charge is 0.410 e. The molecule has 6 nitrogen and oxygen atoms in total. The van der Waals surface area contributed by atoms with Crippen molar-refractivity contribution in [1.29, 1.82) is 0 Å². The molecule has 2 aromatic rings. The van der Waals surface area contributed by atoms with Crippen molar-refractivity contribution in [2.75, 3.05) is 6.61 Å². The Bertz CT molecular complexity index is 1020. The molecular weight excluding hydrogens is 425 g/mol. The lowest BCUT2D eigenvalue weighted by molar-refractivity contribution is 0.0449. The summed E-state index contributed by atoms with van der Waals surface area (Å²) in [5, 5.41) is 9.23. The highest BCUT2D eigenvalue weighted by atomic mass is 19.1. The lowest BCUT2D eigenvalue weighted by Crippen LogP contribution is -2.47. The van der Waals surface area contributed by atoms with Gasteiger partial charge in [-0.15, -0.1) is 0 Å². The Balaban J connectivity index is 1.19. The molecule has 3 atom stereocenters. The predicted molar refractivity (Wildman–Crippen MR) is 119 cm³/mol. The molecule has 2 aromatic carbocycles.